The molecule has 1 aromatic heterocycles. The Morgan fingerprint density at radius 2 is 1.83 bits per heavy atom. The van der Waals surface area contributed by atoms with Crippen LogP contribution in [0, 0.1) is 5.82 Å². The van der Waals surface area contributed by atoms with Crippen molar-refractivity contribution in [1.29, 1.82) is 0 Å². The third kappa shape index (κ3) is 1.79. The van der Waals surface area contributed by atoms with Crippen LogP contribution in [0.4, 0.5) is 4.39 Å². The van der Waals surface area contributed by atoms with Crippen LogP contribution in [0.5, 0.6) is 0 Å². The van der Waals surface area contributed by atoms with Crippen LogP contribution in [0.3, 0.4) is 0 Å². The molecule has 0 atom stereocenters. The number of benzene rings is 2. The third-order valence-electron chi connectivity index (χ3n) is 3.14. The Bertz CT molecular complexity index is 683. The molecule has 2 aromatic carbocycles. The predicted octanol–water partition coefficient (Wildman–Crippen LogP) is 3.43. The van der Waals surface area contributed by atoms with Gasteiger partial charge in [0.15, 0.2) is 0 Å². The Morgan fingerprint density at radius 3 is 2.56 bits per heavy atom. The lowest BCUT2D eigenvalue weighted by molar-refractivity contribution is 0.629. The molecule has 0 bridgehead atoms. The van der Waals surface area contributed by atoms with Gasteiger partial charge in [0.25, 0.3) is 0 Å². The Morgan fingerprint density at radius 1 is 1.06 bits per heavy atom. The van der Waals surface area contributed by atoms with E-state index in [9.17, 15) is 4.39 Å². The molecule has 1 heterocycles. The second kappa shape index (κ2) is 4.27. The van der Waals surface area contributed by atoms with Crippen molar-refractivity contribution in [2.45, 2.75) is 6.54 Å². The maximum atomic E-state index is 13.1. The highest BCUT2D eigenvalue weighted by Gasteiger charge is 2.06. The van der Waals surface area contributed by atoms with Gasteiger partial charge in [0.1, 0.15) is 5.82 Å². The number of rotatable bonds is 2. The lowest BCUT2D eigenvalue weighted by Crippen LogP contribution is -1.95. The van der Waals surface area contributed by atoms with Crippen LogP contribution in [0.15, 0.2) is 48.7 Å². The maximum absolute atomic E-state index is 13.1. The Balaban J connectivity index is 2.13. The van der Waals surface area contributed by atoms with Crippen molar-refractivity contribution in [3.63, 3.8) is 0 Å². The first-order chi connectivity index (χ1) is 8.78. The van der Waals surface area contributed by atoms with Gasteiger partial charge in [-0.05, 0) is 29.3 Å². The number of nitrogens with two attached hydrogens (primary N) is 1. The van der Waals surface area contributed by atoms with Crippen LogP contribution in [0.25, 0.3) is 22.0 Å². The van der Waals surface area contributed by atoms with Gasteiger partial charge in [-0.3, -0.25) is 0 Å². The van der Waals surface area contributed by atoms with E-state index in [4.69, 9.17) is 5.73 Å². The molecular formula is C15H13FN2. The zero-order valence-corrected chi connectivity index (χ0v) is 9.78. The van der Waals surface area contributed by atoms with Crippen molar-refractivity contribution in [2.24, 2.45) is 5.73 Å². The lowest BCUT2D eigenvalue weighted by atomic mass is 10.0. The molecule has 0 aliphatic heterocycles. The second-order valence-electron chi connectivity index (χ2n) is 4.29. The molecule has 0 spiro atoms. The summed E-state index contributed by atoms with van der Waals surface area (Å²) in [6.45, 7) is 0.541. The van der Waals surface area contributed by atoms with Gasteiger partial charge in [-0.2, -0.15) is 0 Å². The highest BCUT2D eigenvalue weighted by molar-refractivity contribution is 5.95. The summed E-state index contributed by atoms with van der Waals surface area (Å²) in [6, 6.07) is 12.9. The standard InChI is InChI=1S/C15H13FN2/c16-12-5-6-13-14(9-18-15(13)7-12)11-3-1-10(8-17)2-4-11/h1-7,9,18H,8,17H2. The van der Waals surface area contributed by atoms with E-state index in [0.29, 0.717) is 6.54 Å². The molecule has 0 aliphatic rings. The highest BCUT2D eigenvalue weighted by Crippen LogP contribution is 2.29. The second-order valence-corrected chi connectivity index (χ2v) is 4.29. The Kier molecular flexibility index (Phi) is 2.61. The van der Waals surface area contributed by atoms with E-state index >= 15 is 0 Å². The van der Waals surface area contributed by atoms with Gasteiger partial charge < -0.3 is 10.7 Å². The summed E-state index contributed by atoms with van der Waals surface area (Å²) in [5, 5.41) is 1.02. The summed E-state index contributed by atoms with van der Waals surface area (Å²) in [5.74, 6) is -0.227. The number of hydrogen-bond acceptors (Lipinski definition) is 1. The van der Waals surface area contributed by atoms with Gasteiger partial charge in [-0.1, -0.05) is 24.3 Å². The molecule has 0 saturated heterocycles. The smallest absolute Gasteiger partial charge is 0.125 e. The van der Waals surface area contributed by atoms with Gasteiger partial charge in [0.05, 0.1) is 0 Å². The number of aromatic amines is 1. The number of nitrogens with one attached hydrogen (secondary N) is 1. The van der Waals surface area contributed by atoms with Crippen LogP contribution >= 0.6 is 0 Å². The van der Waals surface area contributed by atoms with Crippen LogP contribution in [0.1, 0.15) is 5.56 Å². The van der Waals surface area contributed by atoms with E-state index in [1.54, 1.807) is 6.07 Å². The van der Waals surface area contributed by atoms with Gasteiger partial charge in [0, 0.05) is 29.2 Å². The fourth-order valence-electron chi connectivity index (χ4n) is 2.16. The van der Waals surface area contributed by atoms with Gasteiger partial charge in [0.2, 0.25) is 0 Å². The molecule has 0 saturated carbocycles. The van der Waals surface area contributed by atoms with E-state index in [1.165, 1.54) is 12.1 Å². The van der Waals surface area contributed by atoms with Crippen LogP contribution in [-0.2, 0) is 6.54 Å². The van der Waals surface area contributed by atoms with Crippen molar-refractivity contribution in [3.8, 4) is 11.1 Å². The molecule has 0 radical (unpaired) electrons. The average molecular weight is 240 g/mol. The summed E-state index contributed by atoms with van der Waals surface area (Å²) in [4.78, 5) is 3.09. The quantitative estimate of drug-likeness (QED) is 0.708. The van der Waals surface area contributed by atoms with E-state index < -0.39 is 0 Å². The monoisotopic (exact) mass is 240 g/mol. The minimum atomic E-state index is -0.227. The van der Waals surface area contributed by atoms with Crippen molar-refractivity contribution >= 4 is 10.9 Å². The van der Waals surface area contributed by atoms with Crippen molar-refractivity contribution in [2.75, 3.05) is 0 Å². The number of hydrogen-bond donors (Lipinski definition) is 2. The molecular weight excluding hydrogens is 227 g/mol. The van der Waals surface area contributed by atoms with Crippen molar-refractivity contribution < 1.29 is 4.39 Å². The molecule has 2 nitrogen and oxygen atoms in total. The topological polar surface area (TPSA) is 41.8 Å². The predicted molar refractivity (Wildman–Crippen MR) is 71.6 cm³/mol. The van der Waals surface area contributed by atoms with E-state index in [1.807, 2.05) is 30.5 Å². The number of H-pyrrole nitrogens is 1. The largest absolute Gasteiger partial charge is 0.360 e. The molecule has 3 N–H and O–H groups in total. The van der Waals surface area contributed by atoms with Gasteiger partial charge in [-0.25, -0.2) is 4.39 Å². The molecule has 0 aliphatic carbocycles. The summed E-state index contributed by atoms with van der Waals surface area (Å²) in [7, 11) is 0. The molecule has 0 fully saturated rings. The van der Waals surface area contributed by atoms with E-state index in [-0.39, 0.29) is 5.82 Å². The molecule has 90 valence electrons. The molecule has 3 heteroatoms. The summed E-state index contributed by atoms with van der Waals surface area (Å²) in [6.07, 6.45) is 1.90. The maximum Gasteiger partial charge on any atom is 0.125 e. The van der Waals surface area contributed by atoms with Crippen molar-refractivity contribution in [1.82, 2.24) is 4.98 Å². The molecule has 3 aromatic rings. The number of fused-ring (bicyclic) bond motifs is 1. The number of halogens is 1. The summed E-state index contributed by atoms with van der Waals surface area (Å²) >= 11 is 0. The van der Waals surface area contributed by atoms with Gasteiger partial charge in [-0.15, -0.1) is 0 Å². The first-order valence-electron chi connectivity index (χ1n) is 5.84. The van der Waals surface area contributed by atoms with Crippen LogP contribution in [0.2, 0.25) is 0 Å². The fraction of sp³-hybridized carbons (Fsp3) is 0.0667. The average Bonchev–Trinajstić information content (AvgIpc) is 2.81. The van der Waals surface area contributed by atoms with E-state index in [0.717, 1.165) is 27.6 Å². The molecule has 3 rings (SSSR count). The Labute approximate surface area is 104 Å². The molecule has 18 heavy (non-hydrogen) atoms. The highest BCUT2D eigenvalue weighted by atomic mass is 19.1. The SMILES string of the molecule is NCc1ccc(-c2c[nH]c3cc(F)ccc23)cc1. The van der Waals surface area contributed by atoms with Crippen LogP contribution in [-0.4, -0.2) is 4.98 Å². The summed E-state index contributed by atoms with van der Waals surface area (Å²) < 4.78 is 13.1. The van der Waals surface area contributed by atoms with Crippen LogP contribution < -0.4 is 5.73 Å². The first kappa shape index (κ1) is 11.0. The van der Waals surface area contributed by atoms with Crippen molar-refractivity contribution in [3.05, 3.63) is 60.0 Å². The number of aromatic nitrogens is 1. The third-order valence-corrected chi connectivity index (χ3v) is 3.14. The molecule has 0 amide bonds. The molecule has 0 unspecified atom stereocenters. The normalized spacial score (nSPS) is 11.0. The summed E-state index contributed by atoms with van der Waals surface area (Å²) in [5.41, 5.74) is 9.67. The zero-order valence-electron chi connectivity index (χ0n) is 9.78. The first-order valence-corrected chi connectivity index (χ1v) is 5.84. The fourth-order valence-corrected chi connectivity index (χ4v) is 2.16. The van der Waals surface area contributed by atoms with Gasteiger partial charge >= 0.3 is 0 Å². The minimum absolute atomic E-state index is 0.227. The minimum Gasteiger partial charge on any atom is -0.360 e. The zero-order chi connectivity index (χ0) is 12.5. The lowest BCUT2D eigenvalue weighted by Gasteiger charge is -2.01. The van der Waals surface area contributed by atoms with E-state index in [2.05, 4.69) is 4.98 Å². The Hall–Kier alpha value is -2.13.